The molecule has 0 bridgehead atoms. The first-order valence-electron chi connectivity index (χ1n) is 9.31. The molecular weight excluding hydrogens is 350 g/mol. The molecule has 0 aliphatic heterocycles. The van der Waals surface area contributed by atoms with Crippen molar-refractivity contribution in [3.8, 4) is 11.5 Å². The van der Waals surface area contributed by atoms with Crippen LogP contribution in [0.2, 0.25) is 0 Å². The van der Waals surface area contributed by atoms with Crippen molar-refractivity contribution in [3.63, 3.8) is 0 Å². The fraction of sp³-hybridized carbons (Fsp3) is 0.208. The van der Waals surface area contributed by atoms with Crippen molar-refractivity contribution in [1.29, 1.82) is 0 Å². The Hall–Kier alpha value is -3.27. The van der Waals surface area contributed by atoms with E-state index in [-0.39, 0.29) is 11.8 Å². The Bertz CT molecular complexity index is 855. The molecule has 0 heterocycles. The van der Waals surface area contributed by atoms with Crippen molar-refractivity contribution in [2.45, 2.75) is 12.3 Å². The van der Waals surface area contributed by atoms with Gasteiger partial charge in [0.05, 0.1) is 20.1 Å². The minimum absolute atomic E-state index is 0.00197. The van der Waals surface area contributed by atoms with Gasteiger partial charge >= 0.3 is 0 Å². The van der Waals surface area contributed by atoms with Crippen LogP contribution in [0.4, 0.5) is 0 Å². The maximum absolute atomic E-state index is 13.0. The van der Waals surface area contributed by atoms with Crippen LogP contribution >= 0.6 is 0 Å². The van der Waals surface area contributed by atoms with Crippen molar-refractivity contribution in [2.75, 3.05) is 20.8 Å². The summed E-state index contributed by atoms with van der Waals surface area (Å²) in [4.78, 5) is 13.0. The summed E-state index contributed by atoms with van der Waals surface area (Å²) < 4.78 is 10.6. The van der Waals surface area contributed by atoms with E-state index in [0.29, 0.717) is 24.5 Å². The van der Waals surface area contributed by atoms with Crippen LogP contribution in [0.25, 0.3) is 0 Å². The average molecular weight is 375 g/mol. The molecule has 3 aromatic rings. The van der Waals surface area contributed by atoms with Gasteiger partial charge in [-0.15, -0.1) is 0 Å². The molecule has 0 aliphatic rings. The fourth-order valence-electron chi connectivity index (χ4n) is 3.25. The topological polar surface area (TPSA) is 47.6 Å². The molecule has 28 heavy (non-hydrogen) atoms. The Morgan fingerprint density at radius 1 is 0.821 bits per heavy atom. The van der Waals surface area contributed by atoms with Gasteiger partial charge in [-0.3, -0.25) is 4.79 Å². The van der Waals surface area contributed by atoms with Crippen LogP contribution in [-0.4, -0.2) is 26.7 Å². The van der Waals surface area contributed by atoms with Gasteiger partial charge in [0.15, 0.2) is 11.5 Å². The van der Waals surface area contributed by atoms with Gasteiger partial charge in [-0.25, -0.2) is 0 Å². The predicted molar refractivity (Wildman–Crippen MR) is 111 cm³/mol. The van der Waals surface area contributed by atoms with Crippen LogP contribution in [0.1, 0.15) is 22.6 Å². The second-order valence-corrected chi connectivity index (χ2v) is 6.48. The molecule has 0 atom stereocenters. The lowest BCUT2D eigenvalue weighted by molar-refractivity contribution is -0.121. The van der Waals surface area contributed by atoms with Gasteiger partial charge in [0.25, 0.3) is 0 Å². The summed E-state index contributed by atoms with van der Waals surface area (Å²) in [6.45, 7) is 0.546. The summed E-state index contributed by atoms with van der Waals surface area (Å²) in [5.74, 6) is 1.06. The number of rotatable bonds is 8. The SMILES string of the molecule is COc1ccc(CCNC(=O)C(c2ccccc2)c2ccccc2)cc1OC. The van der Waals surface area contributed by atoms with E-state index >= 15 is 0 Å². The van der Waals surface area contributed by atoms with Gasteiger partial charge < -0.3 is 14.8 Å². The van der Waals surface area contributed by atoms with Crippen LogP contribution in [0, 0.1) is 0 Å². The number of ether oxygens (including phenoxy) is 2. The largest absolute Gasteiger partial charge is 0.493 e. The first-order valence-corrected chi connectivity index (χ1v) is 9.31. The molecule has 0 unspecified atom stereocenters. The summed E-state index contributed by atoms with van der Waals surface area (Å²) >= 11 is 0. The van der Waals surface area contributed by atoms with Crippen LogP contribution in [0.3, 0.4) is 0 Å². The van der Waals surface area contributed by atoms with Crippen LogP contribution in [0.15, 0.2) is 78.9 Å². The Morgan fingerprint density at radius 2 is 1.39 bits per heavy atom. The molecular formula is C24H25NO3. The van der Waals surface area contributed by atoms with E-state index in [1.807, 2.05) is 78.9 Å². The van der Waals surface area contributed by atoms with Crippen molar-refractivity contribution >= 4 is 5.91 Å². The normalized spacial score (nSPS) is 10.5. The van der Waals surface area contributed by atoms with Crippen molar-refractivity contribution < 1.29 is 14.3 Å². The standard InChI is InChI=1S/C24H25NO3/c1-27-21-14-13-18(17-22(21)28-2)15-16-25-24(26)23(19-9-5-3-6-10-19)20-11-7-4-8-12-20/h3-14,17,23H,15-16H2,1-2H3,(H,25,26). The van der Waals surface area contributed by atoms with Crippen LogP contribution < -0.4 is 14.8 Å². The number of carbonyl (C=O) groups is 1. The van der Waals surface area contributed by atoms with Gasteiger partial charge in [-0.2, -0.15) is 0 Å². The molecule has 0 fully saturated rings. The Labute approximate surface area is 166 Å². The number of benzene rings is 3. The fourth-order valence-corrected chi connectivity index (χ4v) is 3.25. The molecule has 3 rings (SSSR count). The van der Waals surface area contributed by atoms with E-state index in [2.05, 4.69) is 5.32 Å². The molecule has 0 radical (unpaired) electrons. The van der Waals surface area contributed by atoms with Crippen LogP contribution in [0.5, 0.6) is 11.5 Å². The molecule has 0 aromatic heterocycles. The molecule has 0 spiro atoms. The highest BCUT2D eigenvalue weighted by atomic mass is 16.5. The third kappa shape index (κ3) is 4.71. The third-order valence-electron chi connectivity index (χ3n) is 4.69. The number of carbonyl (C=O) groups excluding carboxylic acids is 1. The lowest BCUT2D eigenvalue weighted by atomic mass is 9.90. The smallest absolute Gasteiger partial charge is 0.232 e. The van der Waals surface area contributed by atoms with Gasteiger partial charge in [-0.1, -0.05) is 66.7 Å². The van der Waals surface area contributed by atoms with E-state index in [0.717, 1.165) is 16.7 Å². The monoisotopic (exact) mass is 375 g/mol. The number of hydrogen-bond donors (Lipinski definition) is 1. The summed E-state index contributed by atoms with van der Waals surface area (Å²) in [6.07, 6.45) is 0.711. The second-order valence-electron chi connectivity index (χ2n) is 6.48. The lowest BCUT2D eigenvalue weighted by Crippen LogP contribution is -2.31. The van der Waals surface area contributed by atoms with Gasteiger partial charge in [-0.05, 0) is 35.2 Å². The number of methoxy groups -OCH3 is 2. The second kappa shape index (κ2) is 9.60. The zero-order valence-corrected chi connectivity index (χ0v) is 16.2. The summed E-state index contributed by atoms with van der Waals surface area (Å²) in [6, 6.07) is 25.5. The molecule has 3 aromatic carbocycles. The molecule has 0 saturated heterocycles. The molecule has 1 N–H and O–H groups in total. The molecule has 0 saturated carbocycles. The van der Waals surface area contributed by atoms with Gasteiger partial charge in [0, 0.05) is 6.54 Å². The maximum atomic E-state index is 13.0. The Morgan fingerprint density at radius 3 is 1.93 bits per heavy atom. The van der Waals surface area contributed by atoms with Crippen molar-refractivity contribution in [1.82, 2.24) is 5.32 Å². The molecule has 4 heteroatoms. The quantitative estimate of drug-likeness (QED) is 0.642. The third-order valence-corrected chi connectivity index (χ3v) is 4.69. The minimum atomic E-state index is -0.326. The first kappa shape index (κ1) is 19.5. The van der Waals surface area contributed by atoms with Crippen molar-refractivity contribution in [2.24, 2.45) is 0 Å². The Balaban J connectivity index is 1.69. The first-order chi connectivity index (χ1) is 13.7. The van der Waals surface area contributed by atoms with E-state index in [4.69, 9.17) is 9.47 Å². The number of amides is 1. The number of nitrogens with one attached hydrogen (secondary N) is 1. The van der Waals surface area contributed by atoms with E-state index < -0.39 is 0 Å². The highest BCUT2D eigenvalue weighted by molar-refractivity contribution is 5.87. The highest BCUT2D eigenvalue weighted by Gasteiger charge is 2.22. The van der Waals surface area contributed by atoms with Gasteiger partial charge in [0.1, 0.15) is 0 Å². The minimum Gasteiger partial charge on any atom is -0.493 e. The van der Waals surface area contributed by atoms with E-state index in [1.54, 1.807) is 14.2 Å². The van der Waals surface area contributed by atoms with Crippen LogP contribution in [-0.2, 0) is 11.2 Å². The zero-order valence-electron chi connectivity index (χ0n) is 16.2. The Kier molecular flexibility index (Phi) is 6.68. The molecule has 1 amide bonds. The molecule has 4 nitrogen and oxygen atoms in total. The molecule has 144 valence electrons. The average Bonchev–Trinajstić information content (AvgIpc) is 2.75. The predicted octanol–water partition coefficient (Wildman–Crippen LogP) is 4.19. The summed E-state index contributed by atoms with van der Waals surface area (Å²) in [7, 11) is 3.23. The number of hydrogen-bond acceptors (Lipinski definition) is 3. The van der Waals surface area contributed by atoms with Crippen molar-refractivity contribution in [3.05, 3.63) is 95.6 Å². The van der Waals surface area contributed by atoms with E-state index in [1.165, 1.54) is 0 Å². The lowest BCUT2D eigenvalue weighted by Gasteiger charge is -2.18. The zero-order chi connectivity index (χ0) is 19.8. The molecule has 0 aliphatic carbocycles. The summed E-state index contributed by atoms with van der Waals surface area (Å²) in [5.41, 5.74) is 3.04. The van der Waals surface area contributed by atoms with E-state index in [9.17, 15) is 4.79 Å². The van der Waals surface area contributed by atoms with Gasteiger partial charge in [0.2, 0.25) is 5.91 Å². The maximum Gasteiger partial charge on any atom is 0.232 e. The highest BCUT2D eigenvalue weighted by Crippen LogP contribution is 2.28. The summed E-state index contributed by atoms with van der Waals surface area (Å²) in [5, 5.41) is 3.08.